The third kappa shape index (κ3) is 2.28. The van der Waals surface area contributed by atoms with Gasteiger partial charge in [-0.2, -0.15) is 0 Å². The first kappa shape index (κ1) is 6.96. The monoisotopic (exact) mass is 132 g/mol. The molecule has 1 rings (SSSR count). The number of hydrogen-bond donors (Lipinski definition) is 2. The van der Waals surface area contributed by atoms with E-state index in [1.54, 1.807) is 0 Å². The highest BCUT2D eigenvalue weighted by Gasteiger charge is 2.12. The zero-order valence-electron chi connectivity index (χ0n) is 5.65. The van der Waals surface area contributed by atoms with E-state index in [9.17, 15) is 4.39 Å². The first-order valence-corrected chi connectivity index (χ1v) is 3.37. The summed E-state index contributed by atoms with van der Waals surface area (Å²) in [5.41, 5.74) is 0. The summed E-state index contributed by atoms with van der Waals surface area (Å²) in [6.45, 7) is 3.91. The van der Waals surface area contributed by atoms with Crippen molar-refractivity contribution in [1.82, 2.24) is 10.6 Å². The molecule has 0 aromatic rings. The van der Waals surface area contributed by atoms with Gasteiger partial charge in [0.05, 0.1) is 0 Å². The molecule has 0 radical (unpaired) electrons. The zero-order valence-corrected chi connectivity index (χ0v) is 5.65. The number of nitrogens with one attached hydrogen (secondary N) is 2. The van der Waals surface area contributed by atoms with Crippen molar-refractivity contribution in [2.45, 2.75) is 19.1 Å². The molecule has 2 nitrogen and oxygen atoms in total. The highest BCUT2D eigenvalue weighted by Crippen LogP contribution is 1.92. The molecule has 0 aromatic carbocycles. The van der Waals surface area contributed by atoms with Gasteiger partial charge in [0.25, 0.3) is 0 Å². The van der Waals surface area contributed by atoms with Crippen LogP contribution in [0.1, 0.15) is 6.92 Å². The van der Waals surface area contributed by atoms with Crippen LogP contribution in [0.3, 0.4) is 0 Å². The Morgan fingerprint density at radius 3 is 2.89 bits per heavy atom. The van der Waals surface area contributed by atoms with E-state index < -0.39 is 6.17 Å². The van der Waals surface area contributed by atoms with E-state index in [1.807, 2.05) is 6.92 Å². The Balaban J connectivity index is 2.25. The molecule has 2 unspecified atom stereocenters. The Morgan fingerprint density at radius 1 is 1.33 bits per heavy atom. The summed E-state index contributed by atoms with van der Waals surface area (Å²) in [7, 11) is 0. The summed E-state index contributed by atoms with van der Waals surface area (Å²) in [5.74, 6) is 0. The predicted octanol–water partition coefficient (Wildman–Crippen LogP) is -0.0942. The van der Waals surface area contributed by atoms with Gasteiger partial charge in [-0.1, -0.05) is 0 Å². The Labute approximate surface area is 54.8 Å². The van der Waals surface area contributed by atoms with Crippen LogP contribution in [0.5, 0.6) is 0 Å². The second-order valence-electron chi connectivity index (χ2n) is 2.56. The molecule has 54 valence electrons. The van der Waals surface area contributed by atoms with Gasteiger partial charge < -0.3 is 10.6 Å². The highest BCUT2D eigenvalue weighted by molar-refractivity contribution is 4.74. The minimum atomic E-state index is -0.713. The number of halogens is 1. The van der Waals surface area contributed by atoms with Gasteiger partial charge in [0.2, 0.25) is 0 Å². The fraction of sp³-hybridized carbons (Fsp3) is 1.00. The van der Waals surface area contributed by atoms with Crippen LogP contribution in [-0.4, -0.2) is 31.8 Å². The Bertz CT molecular complexity index is 77.1. The van der Waals surface area contributed by atoms with E-state index >= 15 is 0 Å². The van der Waals surface area contributed by atoms with Crippen molar-refractivity contribution in [1.29, 1.82) is 0 Å². The topological polar surface area (TPSA) is 24.1 Å². The smallest absolute Gasteiger partial charge is 0.125 e. The maximum Gasteiger partial charge on any atom is 0.125 e. The molecular weight excluding hydrogens is 119 g/mol. The molecule has 1 heterocycles. The third-order valence-electron chi connectivity index (χ3n) is 1.50. The van der Waals surface area contributed by atoms with Crippen LogP contribution in [0, 0.1) is 0 Å². The molecule has 1 aliphatic rings. The van der Waals surface area contributed by atoms with Gasteiger partial charge in [-0.05, 0) is 6.92 Å². The standard InChI is InChI=1S/C6H13FN2/c1-5-2-8-3-6(7)4-9-5/h5-6,8-9H,2-4H2,1H3. The van der Waals surface area contributed by atoms with E-state index in [1.165, 1.54) is 0 Å². The lowest BCUT2D eigenvalue weighted by Crippen LogP contribution is -2.32. The van der Waals surface area contributed by atoms with E-state index in [0.717, 1.165) is 6.54 Å². The molecular formula is C6H13FN2. The lowest BCUT2D eigenvalue weighted by Gasteiger charge is -2.07. The minimum Gasteiger partial charge on any atom is -0.312 e. The number of alkyl halides is 1. The molecule has 1 aliphatic heterocycles. The first-order valence-electron chi connectivity index (χ1n) is 3.37. The average Bonchev–Trinajstić information content (AvgIpc) is 1.97. The summed E-state index contributed by atoms with van der Waals surface area (Å²) in [5, 5.41) is 6.07. The normalized spacial score (nSPS) is 38.0. The first-order chi connectivity index (χ1) is 4.29. The SMILES string of the molecule is CC1CNCC(F)CN1. The number of rotatable bonds is 0. The third-order valence-corrected chi connectivity index (χ3v) is 1.50. The quantitative estimate of drug-likeness (QED) is 0.481. The summed E-state index contributed by atoms with van der Waals surface area (Å²) < 4.78 is 12.5. The van der Waals surface area contributed by atoms with Gasteiger partial charge in [-0.15, -0.1) is 0 Å². The van der Waals surface area contributed by atoms with Gasteiger partial charge in [-0.25, -0.2) is 4.39 Å². The van der Waals surface area contributed by atoms with Gasteiger partial charge in [-0.3, -0.25) is 0 Å². The second kappa shape index (κ2) is 3.13. The van der Waals surface area contributed by atoms with Crippen LogP contribution < -0.4 is 10.6 Å². The predicted molar refractivity (Wildman–Crippen MR) is 35.2 cm³/mol. The van der Waals surface area contributed by atoms with Crippen LogP contribution in [0.15, 0.2) is 0 Å². The maximum atomic E-state index is 12.5. The largest absolute Gasteiger partial charge is 0.312 e. The van der Waals surface area contributed by atoms with Crippen molar-refractivity contribution in [3.05, 3.63) is 0 Å². The van der Waals surface area contributed by atoms with Crippen molar-refractivity contribution in [3.8, 4) is 0 Å². The van der Waals surface area contributed by atoms with Crippen LogP contribution in [-0.2, 0) is 0 Å². The molecule has 0 aromatic heterocycles. The fourth-order valence-corrected chi connectivity index (χ4v) is 0.930. The van der Waals surface area contributed by atoms with Gasteiger partial charge in [0, 0.05) is 25.7 Å². The summed E-state index contributed by atoms with van der Waals surface area (Å²) in [4.78, 5) is 0. The number of hydrogen-bond acceptors (Lipinski definition) is 2. The molecule has 9 heavy (non-hydrogen) atoms. The molecule has 0 bridgehead atoms. The van der Waals surface area contributed by atoms with Crippen molar-refractivity contribution in [2.75, 3.05) is 19.6 Å². The lowest BCUT2D eigenvalue weighted by molar-refractivity contribution is 0.326. The van der Waals surface area contributed by atoms with Crippen LogP contribution in [0.2, 0.25) is 0 Å². The van der Waals surface area contributed by atoms with Crippen molar-refractivity contribution in [2.24, 2.45) is 0 Å². The lowest BCUT2D eigenvalue weighted by atomic mass is 10.3. The summed E-state index contributed by atoms with van der Waals surface area (Å²) in [6, 6.07) is 0.408. The Morgan fingerprint density at radius 2 is 2.11 bits per heavy atom. The summed E-state index contributed by atoms with van der Waals surface area (Å²) >= 11 is 0. The minimum absolute atomic E-state index is 0.408. The molecule has 1 saturated heterocycles. The van der Waals surface area contributed by atoms with Crippen LogP contribution in [0.4, 0.5) is 4.39 Å². The highest BCUT2D eigenvalue weighted by atomic mass is 19.1. The van der Waals surface area contributed by atoms with Gasteiger partial charge in [0.15, 0.2) is 0 Å². The Kier molecular flexibility index (Phi) is 2.42. The molecule has 0 spiro atoms. The second-order valence-corrected chi connectivity index (χ2v) is 2.56. The molecule has 0 amide bonds. The maximum absolute atomic E-state index is 12.5. The average molecular weight is 132 g/mol. The molecule has 2 atom stereocenters. The zero-order chi connectivity index (χ0) is 6.69. The Hall–Kier alpha value is -0.150. The van der Waals surface area contributed by atoms with Crippen LogP contribution >= 0.6 is 0 Å². The molecule has 1 fully saturated rings. The van der Waals surface area contributed by atoms with E-state index in [2.05, 4.69) is 10.6 Å². The molecule has 0 saturated carbocycles. The molecule has 2 N–H and O–H groups in total. The van der Waals surface area contributed by atoms with Gasteiger partial charge in [0.1, 0.15) is 6.17 Å². The molecule has 3 heteroatoms. The fourth-order valence-electron chi connectivity index (χ4n) is 0.930. The van der Waals surface area contributed by atoms with Crippen molar-refractivity contribution in [3.63, 3.8) is 0 Å². The van der Waals surface area contributed by atoms with Crippen molar-refractivity contribution >= 4 is 0 Å². The van der Waals surface area contributed by atoms with E-state index in [-0.39, 0.29) is 0 Å². The van der Waals surface area contributed by atoms with E-state index in [0.29, 0.717) is 19.1 Å². The van der Waals surface area contributed by atoms with Gasteiger partial charge >= 0.3 is 0 Å². The van der Waals surface area contributed by atoms with Crippen molar-refractivity contribution < 1.29 is 4.39 Å². The summed E-state index contributed by atoms with van der Waals surface area (Å²) in [6.07, 6.45) is -0.713. The molecule has 0 aliphatic carbocycles. The van der Waals surface area contributed by atoms with E-state index in [4.69, 9.17) is 0 Å². The van der Waals surface area contributed by atoms with Crippen LogP contribution in [0.25, 0.3) is 0 Å².